The van der Waals surface area contributed by atoms with Crippen LogP contribution in [0.1, 0.15) is 18.1 Å². The van der Waals surface area contributed by atoms with Crippen molar-refractivity contribution >= 4 is 10.9 Å². The van der Waals surface area contributed by atoms with Crippen molar-refractivity contribution in [2.45, 2.75) is 19.6 Å². The summed E-state index contributed by atoms with van der Waals surface area (Å²) in [4.78, 5) is 0. The number of rotatable bonds is 2. The van der Waals surface area contributed by atoms with E-state index in [2.05, 4.69) is 17.3 Å². The van der Waals surface area contributed by atoms with Crippen molar-refractivity contribution in [3.63, 3.8) is 0 Å². The van der Waals surface area contributed by atoms with Crippen molar-refractivity contribution in [2.75, 3.05) is 13.2 Å². The standard InChI is InChI=1S/C18H17NO3/c1-12-10-14(18(2)20-8-9-21-18)11-15-16(12)19-22-17(15)13-6-4-3-5-7-13/h3-7,10-11H,8-9H2,1-2H3. The minimum absolute atomic E-state index is 0.614. The van der Waals surface area contributed by atoms with Crippen molar-refractivity contribution in [3.05, 3.63) is 53.6 Å². The molecule has 1 fully saturated rings. The summed E-state index contributed by atoms with van der Waals surface area (Å²) < 4.78 is 17.2. The average Bonchev–Trinajstić information content (AvgIpc) is 3.15. The highest BCUT2D eigenvalue weighted by atomic mass is 16.7. The highest BCUT2D eigenvalue weighted by Gasteiger charge is 2.34. The molecule has 0 N–H and O–H groups in total. The molecule has 1 aromatic heterocycles. The summed E-state index contributed by atoms with van der Waals surface area (Å²) in [6.07, 6.45) is 0. The Morgan fingerprint density at radius 2 is 1.77 bits per heavy atom. The van der Waals surface area contributed by atoms with E-state index < -0.39 is 5.79 Å². The molecule has 2 heterocycles. The smallest absolute Gasteiger partial charge is 0.192 e. The number of ether oxygens (including phenoxy) is 2. The maximum Gasteiger partial charge on any atom is 0.192 e. The van der Waals surface area contributed by atoms with Gasteiger partial charge in [-0.2, -0.15) is 0 Å². The highest BCUT2D eigenvalue weighted by Crippen LogP contribution is 2.37. The van der Waals surface area contributed by atoms with Gasteiger partial charge >= 0.3 is 0 Å². The van der Waals surface area contributed by atoms with E-state index in [1.165, 1.54) is 0 Å². The molecule has 0 spiro atoms. The van der Waals surface area contributed by atoms with Gasteiger partial charge in [-0.3, -0.25) is 0 Å². The first-order valence-corrected chi connectivity index (χ1v) is 7.41. The summed E-state index contributed by atoms with van der Waals surface area (Å²) in [5, 5.41) is 5.22. The van der Waals surface area contributed by atoms with E-state index in [0.717, 1.165) is 33.4 Å². The lowest BCUT2D eigenvalue weighted by atomic mass is 9.99. The number of fused-ring (bicyclic) bond motifs is 1. The molecule has 0 radical (unpaired) electrons. The fourth-order valence-electron chi connectivity index (χ4n) is 2.96. The number of aromatic nitrogens is 1. The molecule has 0 atom stereocenters. The van der Waals surface area contributed by atoms with Crippen LogP contribution in [0.5, 0.6) is 0 Å². The van der Waals surface area contributed by atoms with Gasteiger partial charge in [0, 0.05) is 11.1 Å². The number of nitrogens with zero attached hydrogens (tertiary/aromatic N) is 1. The Morgan fingerprint density at radius 3 is 2.50 bits per heavy atom. The van der Waals surface area contributed by atoms with Gasteiger partial charge in [0.05, 0.1) is 18.6 Å². The highest BCUT2D eigenvalue weighted by molar-refractivity contribution is 5.93. The van der Waals surface area contributed by atoms with Gasteiger partial charge in [0.2, 0.25) is 0 Å². The Labute approximate surface area is 128 Å². The van der Waals surface area contributed by atoms with E-state index in [4.69, 9.17) is 14.0 Å². The van der Waals surface area contributed by atoms with E-state index in [1.807, 2.05) is 44.2 Å². The molecule has 112 valence electrons. The Balaban J connectivity index is 1.92. The first kappa shape index (κ1) is 13.5. The zero-order valence-corrected chi connectivity index (χ0v) is 12.6. The van der Waals surface area contributed by atoms with Gasteiger partial charge in [-0.1, -0.05) is 35.5 Å². The summed E-state index contributed by atoms with van der Waals surface area (Å²) in [5.74, 6) is 0.0895. The monoisotopic (exact) mass is 295 g/mol. The lowest BCUT2D eigenvalue weighted by molar-refractivity contribution is -0.149. The van der Waals surface area contributed by atoms with Crippen LogP contribution in [0.15, 0.2) is 47.0 Å². The Hall–Kier alpha value is -2.17. The van der Waals surface area contributed by atoms with Gasteiger partial charge in [0.15, 0.2) is 11.5 Å². The van der Waals surface area contributed by atoms with E-state index in [0.29, 0.717) is 13.2 Å². The summed E-state index contributed by atoms with van der Waals surface area (Å²) in [5.41, 5.74) is 3.94. The molecular formula is C18H17NO3. The summed E-state index contributed by atoms with van der Waals surface area (Å²) >= 11 is 0. The largest absolute Gasteiger partial charge is 0.355 e. The zero-order chi connectivity index (χ0) is 15.2. The molecule has 2 aromatic carbocycles. The van der Waals surface area contributed by atoms with Crippen LogP contribution in [0.25, 0.3) is 22.2 Å². The average molecular weight is 295 g/mol. The molecule has 1 aliphatic rings. The molecule has 4 rings (SSSR count). The normalized spacial score (nSPS) is 17.2. The molecule has 1 saturated heterocycles. The Kier molecular flexibility index (Phi) is 3.03. The number of aryl methyl sites for hydroxylation is 1. The Bertz CT molecular complexity index is 817. The lowest BCUT2D eigenvalue weighted by Crippen LogP contribution is -2.22. The summed E-state index contributed by atoms with van der Waals surface area (Å²) in [6.45, 7) is 5.21. The molecule has 0 bridgehead atoms. The fraction of sp³-hybridized carbons (Fsp3) is 0.278. The summed E-state index contributed by atoms with van der Waals surface area (Å²) in [7, 11) is 0. The van der Waals surface area contributed by atoms with Crippen LogP contribution in [-0.2, 0) is 15.3 Å². The van der Waals surface area contributed by atoms with Crippen LogP contribution in [0.4, 0.5) is 0 Å². The maximum atomic E-state index is 5.78. The topological polar surface area (TPSA) is 44.5 Å². The van der Waals surface area contributed by atoms with Gasteiger partial charge in [0.1, 0.15) is 5.52 Å². The number of benzene rings is 2. The van der Waals surface area contributed by atoms with Crippen molar-refractivity contribution < 1.29 is 14.0 Å². The molecule has 4 heteroatoms. The molecular weight excluding hydrogens is 278 g/mol. The molecule has 0 amide bonds. The van der Waals surface area contributed by atoms with Crippen molar-refractivity contribution in [1.82, 2.24) is 5.16 Å². The minimum Gasteiger partial charge on any atom is -0.355 e. The second-order valence-electron chi connectivity index (χ2n) is 5.71. The van der Waals surface area contributed by atoms with E-state index >= 15 is 0 Å². The molecule has 4 nitrogen and oxygen atoms in total. The van der Waals surface area contributed by atoms with Gasteiger partial charge in [-0.25, -0.2) is 0 Å². The van der Waals surface area contributed by atoms with E-state index in [9.17, 15) is 0 Å². The molecule has 22 heavy (non-hydrogen) atoms. The van der Waals surface area contributed by atoms with Gasteiger partial charge in [-0.05, 0) is 31.5 Å². The van der Waals surface area contributed by atoms with E-state index in [-0.39, 0.29) is 0 Å². The third-order valence-electron chi connectivity index (χ3n) is 4.17. The van der Waals surface area contributed by atoms with Crippen LogP contribution in [0.2, 0.25) is 0 Å². The Morgan fingerprint density at radius 1 is 1.05 bits per heavy atom. The van der Waals surface area contributed by atoms with Gasteiger partial charge in [-0.15, -0.1) is 0 Å². The first-order valence-electron chi connectivity index (χ1n) is 7.41. The van der Waals surface area contributed by atoms with E-state index in [1.54, 1.807) is 0 Å². The van der Waals surface area contributed by atoms with Crippen LogP contribution in [-0.4, -0.2) is 18.4 Å². The lowest BCUT2D eigenvalue weighted by Gasteiger charge is -2.23. The van der Waals surface area contributed by atoms with Gasteiger partial charge < -0.3 is 14.0 Å². The van der Waals surface area contributed by atoms with Crippen LogP contribution >= 0.6 is 0 Å². The predicted molar refractivity (Wildman–Crippen MR) is 83.4 cm³/mol. The number of hydrogen-bond donors (Lipinski definition) is 0. The second-order valence-corrected chi connectivity index (χ2v) is 5.71. The van der Waals surface area contributed by atoms with Gasteiger partial charge in [0.25, 0.3) is 0 Å². The van der Waals surface area contributed by atoms with Crippen LogP contribution in [0.3, 0.4) is 0 Å². The molecule has 0 aliphatic carbocycles. The summed E-state index contributed by atoms with van der Waals surface area (Å²) in [6, 6.07) is 14.1. The van der Waals surface area contributed by atoms with Crippen molar-refractivity contribution in [2.24, 2.45) is 0 Å². The van der Waals surface area contributed by atoms with Crippen molar-refractivity contribution in [1.29, 1.82) is 0 Å². The van der Waals surface area contributed by atoms with Crippen LogP contribution < -0.4 is 0 Å². The first-order chi connectivity index (χ1) is 10.7. The fourth-order valence-corrected chi connectivity index (χ4v) is 2.96. The predicted octanol–water partition coefficient (Wildman–Crippen LogP) is 4.02. The minimum atomic E-state index is -0.690. The third-order valence-corrected chi connectivity index (χ3v) is 4.17. The van der Waals surface area contributed by atoms with Crippen LogP contribution in [0, 0.1) is 6.92 Å². The second kappa shape index (κ2) is 4.93. The quantitative estimate of drug-likeness (QED) is 0.716. The zero-order valence-electron chi connectivity index (χ0n) is 12.6. The molecule has 0 saturated carbocycles. The number of hydrogen-bond acceptors (Lipinski definition) is 4. The molecule has 0 unspecified atom stereocenters. The molecule has 1 aliphatic heterocycles. The maximum absolute atomic E-state index is 5.78. The third kappa shape index (κ3) is 2.03. The molecule has 3 aromatic rings. The SMILES string of the molecule is Cc1cc(C2(C)OCCO2)cc2c(-c3ccccc3)onc12. The van der Waals surface area contributed by atoms with Crippen molar-refractivity contribution in [3.8, 4) is 11.3 Å².